The molecule has 1 radical (unpaired) electrons. The van der Waals surface area contributed by atoms with Crippen molar-refractivity contribution in [3.05, 3.63) is 60.2 Å². The first kappa shape index (κ1) is 15.4. The van der Waals surface area contributed by atoms with E-state index in [-0.39, 0.29) is 29.9 Å². The molecule has 1 aromatic carbocycles. The highest BCUT2D eigenvalue weighted by molar-refractivity contribution is 6.01. The van der Waals surface area contributed by atoms with E-state index in [0.29, 0.717) is 0 Å². The Morgan fingerprint density at radius 3 is 2.25 bits per heavy atom. The molecule has 1 aromatic rings. The van der Waals surface area contributed by atoms with Crippen molar-refractivity contribution in [2.45, 2.75) is 0 Å². The number of carbonyl (C=O) groups excluding carboxylic acids is 3. The Balaban J connectivity index is 3.04. The summed E-state index contributed by atoms with van der Waals surface area (Å²) >= 11 is 0. The van der Waals surface area contributed by atoms with Crippen LogP contribution < -0.4 is 0 Å². The molecule has 0 saturated heterocycles. The maximum atomic E-state index is 11.8. The molecule has 20 heavy (non-hydrogen) atoms. The zero-order valence-electron chi connectivity index (χ0n) is 10.8. The van der Waals surface area contributed by atoms with Crippen LogP contribution in [-0.2, 0) is 14.3 Å². The summed E-state index contributed by atoms with van der Waals surface area (Å²) in [6.07, 6.45) is 4.43. The van der Waals surface area contributed by atoms with Gasteiger partial charge in [0.25, 0.3) is 0 Å². The topological polar surface area (TPSA) is 69.7 Å². The van der Waals surface area contributed by atoms with Gasteiger partial charge >= 0.3 is 11.9 Å². The van der Waals surface area contributed by atoms with Crippen LogP contribution in [0.15, 0.2) is 43.5 Å². The molecule has 0 heterocycles. The van der Waals surface area contributed by atoms with E-state index in [4.69, 9.17) is 9.47 Å². The second-order valence-corrected chi connectivity index (χ2v) is 3.64. The molecule has 5 nitrogen and oxygen atoms in total. The molecule has 0 N–H and O–H groups in total. The molecule has 0 fully saturated rings. The highest BCUT2D eigenvalue weighted by Crippen LogP contribution is 2.13. The van der Waals surface area contributed by atoms with Gasteiger partial charge in [-0.3, -0.25) is 4.79 Å². The molecule has 0 aliphatic carbocycles. The molecule has 1 rings (SSSR count). The standard InChI is InChI=1S/C15H13O5/c1-3-7-19-14(17)11-5-6-12(10-16)13(9-11)15(18)20-8-4-2/h3-6,9H,1-2,7-8H2. The number of benzene rings is 1. The summed E-state index contributed by atoms with van der Waals surface area (Å²) in [5.74, 6) is -1.36. The zero-order chi connectivity index (χ0) is 15.0. The molecule has 0 amide bonds. The summed E-state index contributed by atoms with van der Waals surface area (Å²) in [6.45, 7) is 6.89. The van der Waals surface area contributed by atoms with E-state index < -0.39 is 11.9 Å². The predicted molar refractivity (Wildman–Crippen MR) is 72.2 cm³/mol. The minimum absolute atomic E-state index is 0.00225. The minimum atomic E-state index is -0.735. The van der Waals surface area contributed by atoms with Crippen LogP contribution in [0, 0.1) is 0 Å². The normalized spacial score (nSPS) is 9.40. The van der Waals surface area contributed by atoms with E-state index in [9.17, 15) is 14.4 Å². The Morgan fingerprint density at radius 2 is 1.70 bits per heavy atom. The molecule has 0 atom stereocenters. The largest absolute Gasteiger partial charge is 0.458 e. The Hall–Kier alpha value is -2.69. The van der Waals surface area contributed by atoms with Crippen molar-refractivity contribution in [3.8, 4) is 0 Å². The lowest BCUT2D eigenvalue weighted by Crippen LogP contribution is -2.12. The fraction of sp³-hybridized carbons (Fsp3) is 0.133. The molecule has 0 aliphatic heterocycles. The molecular weight excluding hydrogens is 260 g/mol. The van der Waals surface area contributed by atoms with Gasteiger partial charge in [-0.15, -0.1) is 0 Å². The third-order valence-electron chi connectivity index (χ3n) is 2.25. The highest BCUT2D eigenvalue weighted by Gasteiger charge is 2.17. The summed E-state index contributed by atoms with van der Waals surface area (Å²) in [6, 6.07) is 3.91. The average Bonchev–Trinajstić information content (AvgIpc) is 2.49. The van der Waals surface area contributed by atoms with E-state index in [0.717, 1.165) is 0 Å². The van der Waals surface area contributed by atoms with Crippen LogP contribution in [0.2, 0.25) is 0 Å². The maximum Gasteiger partial charge on any atom is 0.339 e. The molecule has 0 aliphatic rings. The van der Waals surface area contributed by atoms with Gasteiger partial charge in [-0.2, -0.15) is 0 Å². The lowest BCUT2D eigenvalue weighted by atomic mass is 10.0. The van der Waals surface area contributed by atoms with Crippen LogP contribution in [-0.4, -0.2) is 31.4 Å². The number of rotatable bonds is 7. The molecular formula is C15H13O5. The third-order valence-corrected chi connectivity index (χ3v) is 2.25. The van der Waals surface area contributed by atoms with Crippen molar-refractivity contribution in [1.29, 1.82) is 0 Å². The van der Waals surface area contributed by atoms with Crippen LogP contribution >= 0.6 is 0 Å². The van der Waals surface area contributed by atoms with E-state index in [1.54, 1.807) is 6.29 Å². The van der Waals surface area contributed by atoms with Gasteiger partial charge in [0.15, 0.2) is 0 Å². The lowest BCUT2D eigenvalue weighted by molar-refractivity contribution is 0.0548. The SMILES string of the molecule is C=CCOC(=O)c1ccc([C]=O)c(C(=O)OCC=C)c1. The van der Waals surface area contributed by atoms with Crippen molar-refractivity contribution in [2.75, 3.05) is 13.2 Å². The lowest BCUT2D eigenvalue weighted by Gasteiger charge is -2.07. The summed E-state index contributed by atoms with van der Waals surface area (Å²) in [4.78, 5) is 34.2. The summed E-state index contributed by atoms with van der Waals surface area (Å²) in [5, 5.41) is 0. The molecule has 5 heteroatoms. The first-order chi connectivity index (χ1) is 9.63. The number of carbonyl (C=O) groups is 2. The zero-order valence-corrected chi connectivity index (χ0v) is 10.8. The monoisotopic (exact) mass is 273 g/mol. The quantitative estimate of drug-likeness (QED) is 0.560. The van der Waals surface area contributed by atoms with E-state index in [1.165, 1.54) is 30.4 Å². The van der Waals surface area contributed by atoms with Gasteiger partial charge in [-0.25, -0.2) is 9.59 Å². The molecule has 0 bridgehead atoms. The first-order valence-electron chi connectivity index (χ1n) is 5.72. The first-order valence-corrected chi connectivity index (χ1v) is 5.72. The van der Waals surface area contributed by atoms with Gasteiger partial charge in [0.05, 0.1) is 11.1 Å². The Morgan fingerprint density at radius 1 is 1.10 bits per heavy atom. The van der Waals surface area contributed by atoms with Crippen LogP contribution in [0.4, 0.5) is 0 Å². The number of ether oxygens (including phenoxy) is 2. The van der Waals surface area contributed by atoms with E-state index in [1.807, 2.05) is 0 Å². The van der Waals surface area contributed by atoms with Gasteiger partial charge in [0.2, 0.25) is 6.29 Å². The van der Waals surface area contributed by atoms with Crippen LogP contribution in [0.1, 0.15) is 26.3 Å². The van der Waals surface area contributed by atoms with Gasteiger partial charge < -0.3 is 9.47 Å². The van der Waals surface area contributed by atoms with Gasteiger partial charge in [0.1, 0.15) is 13.2 Å². The number of hydrogen-bond acceptors (Lipinski definition) is 5. The third kappa shape index (κ3) is 3.91. The van der Waals surface area contributed by atoms with Gasteiger partial charge in [0, 0.05) is 5.56 Å². The fourth-order valence-electron chi connectivity index (χ4n) is 1.36. The summed E-state index contributed by atoms with van der Waals surface area (Å²) < 4.78 is 9.67. The second kappa shape index (κ2) is 7.68. The van der Waals surface area contributed by atoms with Gasteiger partial charge in [-0.05, 0) is 18.2 Å². The molecule has 0 saturated carbocycles. The molecule has 0 spiro atoms. The summed E-state index contributed by atoms with van der Waals surface area (Å²) in [5.41, 5.74) is 0.102. The van der Waals surface area contributed by atoms with Crippen LogP contribution in [0.25, 0.3) is 0 Å². The van der Waals surface area contributed by atoms with E-state index in [2.05, 4.69) is 13.2 Å². The summed E-state index contributed by atoms with van der Waals surface area (Å²) in [7, 11) is 0. The van der Waals surface area contributed by atoms with Gasteiger partial charge in [-0.1, -0.05) is 25.3 Å². The Kier molecular flexibility index (Phi) is 5.90. The van der Waals surface area contributed by atoms with Crippen molar-refractivity contribution < 1.29 is 23.9 Å². The Labute approximate surface area is 116 Å². The molecule has 103 valence electrons. The smallest absolute Gasteiger partial charge is 0.339 e. The van der Waals surface area contributed by atoms with Crippen molar-refractivity contribution in [2.24, 2.45) is 0 Å². The van der Waals surface area contributed by atoms with Crippen molar-refractivity contribution in [1.82, 2.24) is 0 Å². The predicted octanol–water partition coefficient (Wildman–Crippen LogP) is 1.83. The van der Waals surface area contributed by atoms with Crippen LogP contribution in [0.3, 0.4) is 0 Å². The Bertz CT molecular complexity index is 545. The minimum Gasteiger partial charge on any atom is -0.458 e. The number of hydrogen-bond donors (Lipinski definition) is 0. The van der Waals surface area contributed by atoms with E-state index >= 15 is 0 Å². The fourth-order valence-corrected chi connectivity index (χ4v) is 1.36. The molecule has 0 aromatic heterocycles. The van der Waals surface area contributed by atoms with Crippen LogP contribution in [0.5, 0.6) is 0 Å². The second-order valence-electron chi connectivity index (χ2n) is 3.64. The van der Waals surface area contributed by atoms with Crippen molar-refractivity contribution >= 4 is 18.2 Å². The number of esters is 2. The average molecular weight is 273 g/mol. The highest BCUT2D eigenvalue weighted by atomic mass is 16.5. The molecule has 0 unspecified atom stereocenters. The van der Waals surface area contributed by atoms with Crippen molar-refractivity contribution in [3.63, 3.8) is 0 Å². The maximum absolute atomic E-state index is 11.8.